The average molecular weight is 313 g/mol. The van der Waals surface area contributed by atoms with E-state index in [-0.39, 0.29) is 28.2 Å². The predicted molar refractivity (Wildman–Crippen MR) is 70.6 cm³/mol. The largest absolute Gasteiger partial charge is 0.426 e. The van der Waals surface area contributed by atoms with Gasteiger partial charge in [-0.3, -0.25) is 14.4 Å². The smallest absolute Gasteiger partial charge is 0.308 e. The van der Waals surface area contributed by atoms with Crippen LogP contribution in [0.2, 0.25) is 0 Å². The van der Waals surface area contributed by atoms with Crippen molar-refractivity contribution in [3.8, 4) is 5.75 Å². The van der Waals surface area contributed by atoms with Crippen LogP contribution in [0.3, 0.4) is 0 Å². The summed E-state index contributed by atoms with van der Waals surface area (Å²) in [6.45, 7) is 4.30. The molecule has 1 rings (SSSR count). The number of ether oxygens (including phenoxy) is 1. The van der Waals surface area contributed by atoms with Gasteiger partial charge in [0.15, 0.2) is 11.6 Å². The molecular weight excluding hydrogens is 300 g/mol. The Morgan fingerprint density at radius 3 is 2.28 bits per heavy atom. The molecule has 0 radical (unpaired) electrons. The molecule has 0 saturated heterocycles. The van der Waals surface area contributed by atoms with Crippen LogP contribution in [0.15, 0.2) is 12.1 Å². The third kappa shape index (κ3) is 3.04. The molecule has 0 N–H and O–H groups in total. The first-order valence-electron chi connectivity index (χ1n) is 5.30. The van der Waals surface area contributed by atoms with Crippen LogP contribution >= 0.6 is 15.9 Å². The fourth-order valence-corrected chi connectivity index (χ4v) is 2.04. The topological polar surface area (TPSA) is 60.4 Å². The maximum Gasteiger partial charge on any atom is 0.308 e. The van der Waals surface area contributed by atoms with Gasteiger partial charge in [0.05, 0.1) is 10.9 Å². The molecule has 0 aromatic heterocycles. The lowest BCUT2D eigenvalue weighted by Crippen LogP contribution is -2.11. The van der Waals surface area contributed by atoms with Crippen LogP contribution in [-0.4, -0.2) is 22.9 Å². The number of ketones is 2. The number of hydrogen-bond donors (Lipinski definition) is 0. The third-order valence-corrected chi connectivity index (χ3v) is 2.96. The molecule has 0 unspecified atom stereocenters. The van der Waals surface area contributed by atoms with Gasteiger partial charge in [0.1, 0.15) is 5.75 Å². The van der Waals surface area contributed by atoms with Gasteiger partial charge in [0, 0.05) is 12.5 Å². The Kier molecular flexibility index (Phi) is 4.78. The number of carbonyl (C=O) groups is 3. The van der Waals surface area contributed by atoms with Crippen LogP contribution in [0.5, 0.6) is 5.75 Å². The van der Waals surface area contributed by atoms with E-state index in [1.54, 1.807) is 13.0 Å². The second-order valence-electron chi connectivity index (χ2n) is 3.82. The van der Waals surface area contributed by atoms with E-state index in [1.165, 1.54) is 19.9 Å². The normalized spacial score (nSPS) is 10.0. The van der Waals surface area contributed by atoms with Gasteiger partial charge in [-0.2, -0.15) is 0 Å². The molecule has 0 heterocycles. The number of benzene rings is 1. The zero-order valence-electron chi connectivity index (χ0n) is 10.4. The molecule has 0 aliphatic rings. The fourth-order valence-electron chi connectivity index (χ4n) is 1.74. The van der Waals surface area contributed by atoms with Crippen LogP contribution < -0.4 is 4.74 Å². The van der Waals surface area contributed by atoms with Crippen LogP contribution in [0.25, 0.3) is 0 Å². The molecule has 0 atom stereocenters. The number of halogens is 1. The minimum atomic E-state index is -0.503. The molecular formula is C13H13BrO4. The number of rotatable bonds is 4. The Morgan fingerprint density at radius 2 is 1.83 bits per heavy atom. The molecule has 96 valence electrons. The molecule has 1 aromatic rings. The molecule has 0 bridgehead atoms. The van der Waals surface area contributed by atoms with Gasteiger partial charge in [0.25, 0.3) is 0 Å². The molecule has 0 fully saturated rings. The van der Waals surface area contributed by atoms with Gasteiger partial charge >= 0.3 is 5.97 Å². The fraction of sp³-hybridized carbons (Fsp3) is 0.308. The van der Waals surface area contributed by atoms with Crippen molar-refractivity contribution in [1.82, 2.24) is 0 Å². The Hall–Kier alpha value is -1.49. The van der Waals surface area contributed by atoms with Crippen molar-refractivity contribution in [2.24, 2.45) is 0 Å². The Labute approximate surface area is 113 Å². The monoisotopic (exact) mass is 312 g/mol. The summed E-state index contributed by atoms with van der Waals surface area (Å²) in [5, 5.41) is 0.179. The number of Topliss-reactive ketones (excluding diaryl/α,β-unsaturated/α-hetero) is 2. The third-order valence-electron chi connectivity index (χ3n) is 2.45. The number of esters is 1. The average Bonchev–Trinajstić information content (AvgIpc) is 2.27. The maximum atomic E-state index is 11.7. The van der Waals surface area contributed by atoms with E-state index in [0.29, 0.717) is 11.1 Å². The van der Waals surface area contributed by atoms with Crippen molar-refractivity contribution in [2.45, 2.75) is 20.8 Å². The number of alkyl halides is 1. The van der Waals surface area contributed by atoms with Gasteiger partial charge in [-0.05, 0) is 31.5 Å². The van der Waals surface area contributed by atoms with Crippen LogP contribution in [-0.2, 0) is 4.79 Å². The van der Waals surface area contributed by atoms with Crippen molar-refractivity contribution >= 4 is 33.5 Å². The zero-order chi connectivity index (χ0) is 13.9. The maximum absolute atomic E-state index is 11.7. The Balaban J connectivity index is 3.42. The quantitative estimate of drug-likeness (QED) is 0.371. The lowest BCUT2D eigenvalue weighted by Gasteiger charge is -2.12. The highest BCUT2D eigenvalue weighted by Crippen LogP contribution is 2.26. The first-order chi connectivity index (χ1) is 8.38. The van der Waals surface area contributed by atoms with Crippen molar-refractivity contribution in [3.05, 3.63) is 28.8 Å². The van der Waals surface area contributed by atoms with Crippen molar-refractivity contribution < 1.29 is 19.1 Å². The van der Waals surface area contributed by atoms with Gasteiger partial charge in [-0.25, -0.2) is 0 Å². The van der Waals surface area contributed by atoms with Gasteiger partial charge in [-0.15, -0.1) is 0 Å². The SMILES string of the molecule is CC(=O)Oc1ccc(C(=O)CBr)c(C)c1C(C)=O. The summed E-state index contributed by atoms with van der Waals surface area (Å²) < 4.78 is 4.97. The minimum Gasteiger partial charge on any atom is -0.426 e. The highest BCUT2D eigenvalue weighted by atomic mass is 79.9. The first-order valence-corrected chi connectivity index (χ1v) is 6.42. The van der Waals surface area contributed by atoms with Crippen LogP contribution in [0.1, 0.15) is 40.1 Å². The molecule has 5 heteroatoms. The summed E-state index contributed by atoms with van der Waals surface area (Å²) in [6, 6.07) is 3.03. The van der Waals surface area contributed by atoms with Gasteiger partial charge in [-0.1, -0.05) is 15.9 Å². The standard InChI is InChI=1S/C13H13BrO4/c1-7-10(11(17)6-14)4-5-12(18-9(3)16)13(7)8(2)15/h4-5H,6H2,1-3H3. The summed E-state index contributed by atoms with van der Waals surface area (Å²) in [6.07, 6.45) is 0. The van der Waals surface area contributed by atoms with Crippen molar-refractivity contribution in [1.29, 1.82) is 0 Å². The van der Waals surface area contributed by atoms with Crippen molar-refractivity contribution in [2.75, 3.05) is 5.33 Å². The van der Waals surface area contributed by atoms with E-state index in [9.17, 15) is 14.4 Å². The molecule has 0 amide bonds. The van der Waals surface area contributed by atoms with Gasteiger partial charge < -0.3 is 4.74 Å². The predicted octanol–water partition coefficient (Wildman–Crippen LogP) is 2.70. The van der Waals surface area contributed by atoms with E-state index in [4.69, 9.17) is 4.74 Å². The molecule has 4 nitrogen and oxygen atoms in total. The summed E-state index contributed by atoms with van der Waals surface area (Å²) in [4.78, 5) is 34.3. The summed E-state index contributed by atoms with van der Waals surface area (Å²) >= 11 is 3.09. The highest BCUT2D eigenvalue weighted by Gasteiger charge is 2.19. The van der Waals surface area contributed by atoms with Gasteiger partial charge in [0.2, 0.25) is 0 Å². The summed E-state index contributed by atoms with van der Waals surface area (Å²) in [7, 11) is 0. The highest BCUT2D eigenvalue weighted by molar-refractivity contribution is 9.09. The second kappa shape index (κ2) is 5.91. The van der Waals surface area contributed by atoms with Crippen LogP contribution in [0, 0.1) is 6.92 Å². The van der Waals surface area contributed by atoms with Crippen molar-refractivity contribution in [3.63, 3.8) is 0 Å². The molecule has 1 aromatic carbocycles. The molecule has 0 aliphatic heterocycles. The lowest BCUT2D eigenvalue weighted by molar-refractivity contribution is -0.131. The molecule has 0 aliphatic carbocycles. The molecule has 18 heavy (non-hydrogen) atoms. The minimum absolute atomic E-state index is 0.121. The van der Waals surface area contributed by atoms with E-state index in [0.717, 1.165) is 0 Å². The lowest BCUT2D eigenvalue weighted by atomic mass is 9.96. The molecule has 0 spiro atoms. The zero-order valence-corrected chi connectivity index (χ0v) is 12.0. The summed E-state index contributed by atoms with van der Waals surface area (Å²) in [5.41, 5.74) is 1.26. The van der Waals surface area contributed by atoms with E-state index in [2.05, 4.69) is 15.9 Å². The van der Waals surface area contributed by atoms with E-state index < -0.39 is 5.97 Å². The number of hydrogen-bond acceptors (Lipinski definition) is 4. The number of carbonyl (C=O) groups excluding carboxylic acids is 3. The Morgan fingerprint density at radius 1 is 1.22 bits per heavy atom. The molecule has 0 saturated carbocycles. The van der Waals surface area contributed by atoms with E-state index in [1.807, 2.05) is 0 Å². The first kappa shape index (κ1) is 14.6. The van der Waals surface area contributed by atoms with E-state index >= 15 is 0 Å². The Bertz CT molecular complexity index is 520. The summed E-state index contributed by atoms with van der Waals surface area (Å²) in [5.74, 6) is -0.674. The van der Waals surface area contributed by atoms with Crippen LogP contribution in [0.4, 0.5) is 0 Å². The second-order valence-corrected chi connectivity index (χ2v) is 4.38.